The van der Waals surface area contributed by atoms with Gasteiger partial charge in [0.2, 0.25) is 0 Å². The maximum atomic E-state index is 12.9. The molecule has 0 N–H and O–H groups in total. The van der Waals surface area contributed by atoms with Gasteiger partial charge in [-0.3, -0.25) is 14.2 Å². The molecule has 2 unspecified atom stereocenters. The van der Waals surface area contributed by atoms with E-state index in [0.717, 1.165) is 77.0 Å². The first-order chi connectivity index (χ1) is 45.0. The lowest BCUT2D eigenvalue weighted by molar-refractivity contribution is -0.870. The number of phosphoric acid groups is 1. The number of carbonyl (C=O) groups is 2. The maximum Gasteiger partial charge on any atom is 0.306 e. The van der Waals surface area contributed by atoms with Gasteiger partial charge >= 0.3 is 11.9 Å². The third-order valence-corrected chi connectivity index (χ3v) is 18.7. The molecule has 0 aliphatic rings. The number of ether oxygens (including phenoxy) is 2. The molecule has 2 atom stereocenters. The Kier molecular flexibility index (Phi) is 70.7. The van der Waals surface area contributed by atoms with Crippen LogP contribution >= 0.6 is 7.82 Å². The van der Waals surface area contributed by atoms with Gasteiger partial charge in [-0.05, 0) is 64.2 Å². The van der Waals surface area contributed by atoms with Gasteiger partial charge in [0.25, 0.3) is 7.82 Å². The number of quaternary nitrogens is 1. The van der Waals surface area contributed by atoms with Crippen molar-refractivity contribution >= 4 is 19.8 Å². The highest BCUT2D eigenvalue weighted by Gasteiger charge is 2.22. The van der Waals surface area contributed by atoms with Crippen molar-refractivity contribution in [2.75, 3.05) is 47.5 Å². The molecule has 0 aliphatic carbocycles. The summed E-state index contributed by atoms with van der Waals surface area (Å²) in [5, 5.41) is 0. The van der Waals surface area contributed by atoms with Gasteiger partial charge in [-0.2, -0.15) is 0 Å². The monoisotopic (exact) mass is 1310 g/mol. The fourth-order valence-corrected chi connectivity index (χ4v) is 12.5. The molecule has 0 amide bonds. The molecule has 0 spiro atoms. The van der Waals surface area contributed by atoms with E-state index in [1.807, 2.05) is 21.1 Å². The number of rotatable bonds is 74. The van der Waals surface area contributed by atoms with Crippen LogP contribution in [0.5, 0.6) is 0 Å². The average molecular weight is 1310 g/mol. The molecule has 0 saturated carbocycles. The molecule has 0 radical (unpaired) electrons. The molecule has 538 valence electrons. The van der Waals surface area contributed by atoms with Gasteiger partial charge in [0.15, 0.2) is 6.10 Å². The number of phosphoric ester groups is 1. The first kappa shape index (κ1) is 89.5. The van der Waals surface area contributed by atoms with Crippen molar-refractivity contribution in [1.82, 2.24) is 0 Å². The second-order valence-electron chi connectivity index (χ2n) is 28.1. The highest BCUT2D eigenvalue weighted by Crippen LogP contribution is 2.38. The van der Waals surface area contributed by atoms with E-state index in [4.69, 9.17) is 18.5 Å². The fraction of sp³-hybridized carbons (Fsp3) is 0.829. The lowest BCUT2D eigenvalue weighted by Gasteiger charge is -2.28. The normalized spacial score (nSPS) is 13.4. The van der Waals surface area contributed by atoms with Crippen LogP contribution in [0.4, 0.5) is 0 Å². The Labute approximate surface area is 571 Å². The number of nitrogens with zero attached hydrogens (tertiary/aromatic N) is 1. The Balaban J connectivity index is 3.94. The number of hydrogen-bond acceptors (Lipinski definition) is 8. The van der Waals surface area contributed by atoms with E-state index >= 15 is 0 Å². The first-order valence-corrected chi connectivity index (χ1v) is 41.1. The predicted molar refractivity (Wildman–Crippen MR) is 397 cm³/mol. The van der Waals surface area contributed by atoms with Gasteiger partial charge in [-0.25, -0.2) is 0 Å². The van der Waals surface area contributed by atoms with E-state index in [1.165, 1.54) is 276 Å². The minimum absolute atomic E-state index is 0.0305. The molecule has 10 heteroatoms. The summed E-state index contributed by atoms with van der Waals surface area (Å²) in [4.78, 5) is 38.2. The Morgan fingerprint density at radius 3 is 0.924 bits per heavy atom. The standard InChI is InChI=1S/C82H152NO8P/c1-6-8-10-12-14-16-18-20-22-24-26-28-30-32-34-36-38-40-41-43-44-46-48-50-52-54-56-58-60-62-64-66-68-70-72-74-81(84)88-78-80(79-90-92(86,87)89-77-76-83(3,4)5)91-82(85)75-73-71-69-67-65-63-61-59-57-55-53-51-49-47-45-42-39-37-35-33-31-29-27-25-23-21-19-17-15-13-11-9-7-2/h9,11,15,17,21,23,27,29,33,35,39,42,80H,6-8,10,12-14,16,18-20,22,24-26,28,30-32,34,36-38,40-41,43-79H2,1-5H3/b11-9-,17-15-,23-21-,29-27-,35-33-,42-39-. The molecule has 92 heavy (non-hydrogen) atoms. The average Bonchev–Trinajstić information content (AvgIpc) is 2.23. The van der Waals surface area contributed by atoms with Crippen molar-refractivity contribution in [1.29, 1.82) is 0 Å². The number of carbonyl (C=O) groups excluding carboxylic acids is 2. The lowest BCUT2D eigenvalue weighted by Crippen LogP contribution is -2.37. The summed E-state index contributed by atoms with van der Waals surface area (Å²) in [6, 6.07) is 0. The molecule has 0 aromatic heterocycles. The van der Waals surface area contributed by atoms with Crippen LogP contribution in [0, 0.1) is 0 Å². The molecule has 0 rings (SSSR count). The highest BCUT2D eigenvalue weighted by molar-refractivity contribution is 7.45. The summed E-state index contributed by atoms with van der Waals surface area (Å²) in [5.74, 6) is -0.816. The summed E-state index contributed by atoms with van der Waals surface area (Å²) >= 11 is 0. The van der Waals surface area contributed by atoms with E-state index < -0.39 is 26.5 Å². The van der Waals surface area contributed by atoms with Crippen molar-refractivity contribution in [3.63, 3.8) is 0 Å². The largest absolute Gasteiger partial charge is 0.756 e. The zero-order chi connectivity index (χ0) is 66.9. The van der Waals surface area contributed by atoms with Gasteiger partial charge < -0.3 is 27.9 Å². The lowest BCUT2D eigenvalue weighted by atomic mass is 10.0. The molecule has 0 heterocycles. The van der Waals surface area contributed by atoms with E-state index in [0.29, 0.717) is 17.4 Å². The van der Waals surface area contributed by atoms with E-state index in [-0.39, 0.29) is 32.0 Å². The number of unbranched alkanes of at least 4 members (excludes halogenated alkanes) is 48. The van der Waals surface area contributed by atoms with Crippen LogP contribution in [-0.2, 0) is 32.7 Å². The van der Waals surface area contributed by atoms with Crippen LogP contribution in [0.15, 0.2) is 72.9 Å². The minimum atomic E-state index is -4.65. The fourth-order valence-electron chi connectivity index (χ4n) is 11.7. The molecular formula is C82H152NO8P. The molecule has 0 aromatic carbocycles. The number of likely N-dealkylation sites (N-methyl/N-ethyl adjacent to an activating group) is 1. The summed E-state index contributed by atoms with van der Waals surface area (Å²) in [6.45, 7) is 4.19. The summed E-state index contributed by atoms with van der Waals surface area (Å²) in [5.41, 5.74) is 0. The van der Waals surface area contributed by atoms with Crippen LogP contribution in [0.2, 0.25) is 0 Å². The summed E-state index contributed by atoms with van der Waals surface area (Å²) < 4.78 is 34.4. The second kappa shape index (κ2) is 72.7. The van der Waals surface area contributed by atoms with Gasteiger partial charge in [-0.15, -0.1) is 0 Å². The van der Waals surface area contributed by atoms with Crippen molar-refractivity contribution < 1.29 is 42.1 Å². The number of hydrogen-bond donors (Lipinski definition) is 0. The van der Waals surface area contributed by atoms with E-state index in [2.05, 4.69) is 86.8 Å². The summed E-state index contributed by atoms with van der Waals surface area (Å²) in [7, 11) is 1.18. The maximum absolute atomic E-state index is 12.9. The smallest absolute Gasteiger partial charge is 0.306 e. The summed E-state index contributed by atoms with van der Waals surface area (Å²) in [6.07, 6.45) is 98.8. The zero-order valence-electron chi connectivity index (χ0n) is 61.5. The van der Waals surface area contributed by atoms with Crippen molar-refractivity contribution in [2.45, 2.75) is 392 Å². The minimum Gasteiger partial charge on any atom is -0.756 e. The number of esters is 2. The van der Waals surface area contributed by atoms with Crippen molar-refractivity contribution in [3.05, 3.63) is 72.9 Å². The topological polar surface area (TPSA) is 111 Å². The van der Waals surface area contributed by atoms with Crippen molar-refractivity contribution in [2.24, 2.45) is 0 Å². The molecule has 0 aromatic rings. The zero-order valence-corrected chi connectivity index (χ0v) is 62.4. The van der Waals surface area contributed by atoms with E-state index in [1.54, 1.807) is 0 Å². The van der Waals surface area contributed by atoms with Crippen LogP contribution in [0.1, 0.15) is 386 Å². The second-order valence-corrected chi connectivity index (χ2v) is 29.5. The van der Waals surface area contributed by atoms with Crippen LogP contribution in [-0.4, -0.2) is 70.0 Å². The first-order valence-electron chi connectivity index (χ1n) is 39.6. The molecule has 9 nitrogen and oxygen atoms in total. The quantitative estimate of drug-likeness (QED) is 0.0195. The Morgan fingerprint density at radius 1 is 0.348 bits per heavy atom. The predicted octanol–water partition coefficient (Wildman–Crippen LogP) is 25.7. The molecule has 0 bridgehead atoms. The van der Waals surface area contributed by atoms with Gasteiger partial charge in [-0.1, -0.05) is 382 Å². The molecule has 0 fully saturated rings. The number of allylic oxidation sites excluding steroid dienone is 12. The molecular weight excluding hydrogens is 1160 g/mol. The van der Waals surface area contributed by atoms with Crippen LogP contribution < -0.4 is 4.89 Å². The Morgan fingerprint density at radius 2 is 0.620 bits per heavy atom. The van der Waals surface area contributed by atoms with Crippen molar-refractivity contribution in [3.8, 4) is 0 Å². The highest BCUT2D eigenvalue weighted by atomic mass is 31.2. The van der Waals surface area contributed by atoms with Gasteiger partial charge in [0.1, 0.15) is 19.8 Å². The molecule has 0 saturated heterocycles. The molecule has 0 aliphatic heterocycles. The van der Waals surface area contributed by atoms with Gasteiger partial charge in [0, 0.05) is 12.8 Å². The van der Waals surface area contributed by atoms with Crippen LogP contribution in [0.25, 0.3) is 0 Å². The van der Waals surface area contributed by atoms with E-state index in [9.17, 15) is 19.0 Å². The Hall–Kier alpha value is -2.55. The SMILES string of the molecule is CC/C=C\C/C=C\C/C=C\C/C=C\C/C=C\C/C=C\CCCCCCCCCCCCCCCCC(=O)OC(COC(=O)CCCCCCCCCCCCCCCCCCCCCCCCCCCCCCCCCCCCC)COP(=O)([O-])OCC[N+](C)(C)C. The van der Waals surface area contributed by atoms with Gasteiger partial charge in [0.05, 0.1) is 27.7 Å². The third kappa shape index (κ3) is 76.5. The van der Waals surface area contributed by atoms with Crippen LogP contribution in [0.3, 0.4) is 0 Å². The Bertz CT molecular complexity index is 1780. The third-order valence-electron chi connectivity index (χ3n) is 17.7.